The van der Waals surface area contributed by atoms with Gasteiger partial charge in [0.05, 0.1) is 12.5 Å². The lowest BCUT2D eigenvalue weighted by Gasteiger charge is -2.27. The molecule has 1 amide bonds. The van der Waals surface area contributed by atoms with Crippen molar-refractivity contribution in [2.45, 2.75) is 24.7 Å². The van der Waals surface area contributed by atoms with Crippen molar-refractivity contribution in [2.24, 2.45) is 0 Å². The third kappa shape index (κ3) is 3.70. The molecule has 2 fully saturated rings. The molecule has 2 aromatic rings. The molecule has 1 aliphatic heterocycles. The van der Waals surface area contributed by atoms with Crippen molar-refractivity contribution in [2.75, 3.05) is 38.2 Å². The number of amides is 1. The van der Waals surface area contributed by atoms with E-state index in [4.69, 9.17) is 4.74 Å². The summed E-state index contributed by atoms with van der Waals surface area (Å²) in [5.74, 6) is 1.17. The van der Waals surface area contributed by atoms with Crippen LogP contribution in [0.3, 0.4) is 0 Å². The van der Waals surface area contributed by atoms with Gasteiger partial charge in [-0.2, -0.15) is 0 Å². The Labute approximate surface area is 169 Å². The van der Waals surface area contributed by atoms with Gasteiger partial charge in [-0.3, -0.25) is 4.79 Å². The molecule has 27 heavy (non-hydrogen) atoms. The first-order valence-electron chi connectivity index (χ1n) is 9.57. The van der Waals surface area contributed by atoms with E-state index in [0.717, 1.165) is 61.2 Å². The van der Waals surface area contributed by atoms with Crippen LogP contribution < -0.4 is 9.64 Å². The average molecular weight is 429 g/mol. The van der Waals surface area contributed by atoms with Gasteiger partial charge in [-0.25, -0.2) is 0 Å². The van der Waals surface area contributed by atoms with Crippen molar-refractivity contribution in [1.82, 2.24) is 4.90 Å². The van der Waals surface area contributed by atoms with Crippen LogP contribution in [0.15, 0.2) is 53.0 Å². The fraction of sp³-hybridized carbons (Fsp3) is 0.409. The fourth-order valence-electron chi connectivity index (χ4n) is 4.01. The molecule has 1 saturated heterocycles. The molecule has 0 unspecified atom stereocenters. The predicted molar refractivity (Wildman–Crippen MR) is 111 cm³/mol. The van der Waals surface area contributed by atoms with Gasteiger partial charge in [0, 0.05) is 36.3 Å². The lowest BCUT2D eigenvalue weighted by molar-refractivity contribution is -0.133. The summed E-state index contributed by atoms with van der Waals surface area (Å²) in [5.41, 5.74) is 2.05. The van der Waals surface area contributed by atoms with Crippen LogP contribution in [-0.4, -0.2) is 44.1 Å². The van der Waals surface area contributed by atoms with E-state index in [0.29, 0.717) is 5.91 Å². The van der Waals surface area contributed by atoms with E-state index in [1.54, 1.807) is 7.11 Å². The first-order valence-corrected chi connectivity index (χ1v) is 10.4. The lowest BCUT2D eigenvalue weighted by atomic mass is 9.94. The number of carbonyl (C=O) groups excluding carboxylic acids is 1. The third-order valence-corrected chi connectivity index (χ3v) is 6.25. The lowest BCUT2D eigenvalue weighted by Crippen LogP contribution is -2.41. The zero-order chi connectivity index (χ0) is 18.9. The minimum Gasteiger partial charge on any atom is -0.497 e. The SMILES string of the molecule is COc1ccc(N2CCCN(C(=O)C3(c4cccc(Br)c4)CC3)CC2)cc1. The maximum atomic E-state index is 13.3. The van der Waals surface area contributed by atoms with Crippen LogP contribution >= 0.6 is 15.9 Å². The van der Waals surface area contributed by atoms with Crippen LogP contribution in [0.25, 0.3) is 0 Å². The van der Waals surface area contributed by atoms with E-state index in [1.807, 2.05) is 24.3 Å². The Bertz CT molecular complexity index is 817. The van der Waals surface area contributed by atoms with Crippen molar-refractivity contribution in [3.05, 3.63) is 58.6 Å². The number of methoxy groups -OCH3 is 1. The molecule has 1 heterocycles. The Balaban J connectivity index is 1.45. The molecule has 0 spiro atoms. The smallest absolute Gasteiger partial charge is 0.233 e. The minimum absolute atomic E-state index is 0.293. The number of carbonyl (C=O) groups is 1. The quantitative estimate of drug-likeness (QED) is 0.730. The number of halogens is 1. The first-order chi connectivity index (χ1) is 13.1. The Kier molecular flexibility index (Phi) is 5.13. The van der Waals surface area contributed by atoms with Crippen LogP contribution in [0.1, 0.15) is 24.8 Å². The topological polar surface area (TPSA) is 32.8 Å². The van der Waals surface area contributed by atoms with Crippen molar-refractivity contribution < 1.29 is 9.53 Å². The number of rotatable bonds is 4. The van der Waals surface area contributed by atoms with Gasteiger partial charge in [0.15, 0.2) is 0 Å². The molecule has 0 aromatic heterocycles. The van der Waals surface area contributed by atoms with E-state index < -0.39 is 0 Å². The van der Waals surface area contributed by atoms with E-state index in [1.165, 1.54) is 5.69 Å². The highest BCUT2D eigenvalue weighted by Gasteiger charge is 2.53. The standard InChI is InChI=1S/C22H25BrN2O2/c1-27-20-8-6-19(7-9-20)24-12-3-13-25(15-14-24)21(26)22(10-11-22)17-4-2-5-18(23)16-17/h2,4-9,16H,3,10-15H2,1H3. The van der Waals surface area contributed by atoms with Gasteiger partial charge in [0.25, 0.3) is 0 Å². The second-order valence-corrected chi connectivity index (χ2v) is 8.34. The number of hydrogen-bond donors (Lipinski definition) is 0. The Morgan fingerprint density at radius 3 is 2.48 bits per heavy atom. The monoisotopic (exact) mass is 428 g/mol. The molecule has 0 radical (unpaired) electrons. The molecule has 4 rings (SSSR count). The van der Waals surface area contributed by atoms with Crippen LogP contribution in [-0.2, 0) is 10.2 Å². The summed E-state index contributed by atoms with van der Waals surface area (Å²) in [6.07, 6.45) is 2.91. The summed E-state index contributed by atoms with van der Waals surface area (Å²) < 4.78 is 6.29. The van der Waals surface area contributed by atoms with Crippen molar-refractivity contribution >= 4 is 27.5 Å². The van der Waals surface area contributed by atoms with Crippen LogP contribution in [0.4, 0.5) is 5.69 Å². The van der Waals surface area contributed by atoms with Crippen LogP contribution in [0, 0.1) is 0 Å². The Hall–Kier alpha value is -2.01. The van der Waals surface area contributed by atoms with Gasteiger partial charge in [-0.05, 0) is 61.2 Å². The number of anilines is 1. The third-order valence-electron chi connectivity index (χ3n) is 5.76. The summed E-state index contributed by atoms with van der Waals surface area (Å²) in [7, 11) is 1.68. The molecule has 0 atom stereocenters. The zero-order valence-electron chi connectivity index (χ0n) is 15.7. The second kappa shape index (κ2) is 7.55. The molecule has 4 nitrogen and oxygen atoms in total. The van der Waals surface area contributed by atoms with E-state index >= 15 is 0 Å². The molecule has 1 aliphatic carbocycles. The molecular formula is C22H25BrN2O2. The highest BCUT2D eigenvalue weighted by Crippen LogP contribution is 2.50. The van der Waals surface area contributed by atoms with Crippen molar-refractivity contribution in [3.63, 3.8) is 0 Å². The molecule has 5 heteroatoms. The fourth-order valence-corrected chi connectivity index (χ4v) is 4.41. The highest BCUT2D eigenvalue weighted by atomic mass is 79.9. The van der Waals surface area contributed by atoms with Gasteiger partial charge >= 0.3 is 0 Å². The Morgan fingerprint density at radius 2 is 1.81 bits per heavy atom. The average Bonchev–Trinajstić information content (AvgIpc) is 3.52. The molecule has 0 N–H and O–H groups in total. The summed E-state index contributed by atoms with van der Waals surface area (Å²) in [5, 5.41) is 0. The zero-order valence-corrected chi connectivity index (χ0v) is 17.2. The van der Waals surface area contributed by atoms with Crippen molar-refractivity contribution in [1.29, 1.82) is 0 Å². The number of nitrogens with zero attached hydrogens (tertiary/aromatic N) is 2. The molecule has 0 bridgehead atoms. The summed E-state index contributed by atoms with van der Waals surface area (Å²) in [4.78, 5) is 17.8. The maximum absolute atomic E-state index is 13.3. The maximum Gasteiger partial charge on any atom is 0.233 e. The molecule has 2 aromatic carbocycles. The Morgan fingerprint density at radius 1 is 1.04 bits per heavy atom. The highest BCUT2D eigenvalue weighted by molar-refractivity contribution is 9.10. The molecule has 1 saturated carbocycles. The molecule has 2 aliphatic rings. The number of hydrogen-bond acceptors (Lipinski definition) is 3. The van der Waals surface area contributed by atoms with Gasteiger partial charge in [-0.15, -0.1) is 0 Å². The number of benzene rings is 2. The van der Waals surface area contributed by atoms with E-state index in [2.05, 4.69) is 50.0 Å². The summed E-state index contributed by atoms with van der Waals surface area (Å²) >= 11 is 3.54. The van der Waals surface area contributed by atoms with Gasteiger partial charge in [0.1, 0.15) is 5.75 Å². The van der Waals surface area contributed by atoms with Crippen LogP contribution in [0.5, 0.6) is 5.75 Å². The summed E-state index contributed by atoms with van der Waals surface area (Å²) in [6.45, 7) is 3.45. The van der Waals surface area contributed by atoms with Crippen molar-refractivity contribution in [3.8, 4) is 5.75 Å². The van der Waals surface area contributed by atoms with Crippen LogP contribution in [0.2, 0.25) is 0 Å². The predicted octanol–water partition coefficient (Wildman–Crippen LogP) is 4.23. The molecular weight excluding hydrogens is 404 g/mol. The van der Waals surface area contributed by atoms with Gasteiger partial charge in [0.2, 0.25) is 5.91 Å². The summed E-state index contributed by atoms with van der Waals surface area (Å²) in [6, 6.07) is 16.4. The molecule has 142 valence electrons. The number of ether oxygens (including phenoxy) is 1. The van der Waals surface area contributed by atoms with Gasteiger partial charge in [-0.1, -0.05) is 28.1 Å². The largest absolute Gasteiger partial charge is 0.497 e. The second-order valence-electron chi connectivity index (χ2n) is 7.42. The van der Waals surface area contributed by atoms with E-state index in [-0.39, 0.29) is 5.41 Å². The minimum atomic E-state index is -0.293. The van der Waals surface area contributed by atoms with Gasteiger partial charge < -0.3 is 14.5 Å². The first kappa shape index (κ1) is 18.4. The van der Waals surface area contributed by atoms with E-state index in [9.17, 15) is 4.79 Å². The normalized spacial score (nSPS) is 18.7.